The predicted molar refractivity (Wildman–Crippen MR) is 180 cm³/mol. The molecule has 0 fully saturated rings. The van der Waals surface area contributed by atoms with E-state index < -0.39 is 214 Å². The maximum atomic E-state index is 14.2. The van der Waals surface area contributed by atoms with Crippen LogP contribution in [0.2, 0.25) is 0 Å². The van der Waals surface area contributed by atoms with Crippen LogP contribution in [0.1, 0.15) is 0 Å². The van der Waals surface area contributed by atoms with Crippen molar-refractivity contribution in [1.82, 2.24) is 0 Å². The molecule has 0 radical (unpaired) electrons. The Morgan fingerprint density at radius 3 is 0.271 bits per heavy atom. The minimum Gasteiger partial charge on any atom is -0.400 e. The third-order valence-corrected chi connectivity index (χ3v) is 12.8. The van der Waals surface area contributed by atoms with Gasteiger partial charge in [-0.2, -0.15) is 307 Å². The van der Waals surface area contributed by atoms with Gasteiger partial charge in [0.15, 0.2) is 0 Å². The SMILES string of the molecule is FC(OC(F)=C(F)C(F)(F)C(F)(F)C(F)(F)C(F)(F)C(F)(F)C(F)(F)C(F)(F)C(F)(F)C(F)(F)C(F)(F)C(F)(F)C(F)(F)C(F)(F)C(F)(F)C(F)(F)C(F)(F)F)=C(F)C(F)(F)C(F)(F)C(F)(F)C(F)(F)C(F)(F)C(F)(F)C(F)(F)C(F)(F)C(F)(F)C(F)(F)C(F)(F)C(F)(F)C(F)(F)C(F)(F)C(F)(F)C(F)(F)F. The number of halogens is 70. The van der Waals surface area contributed by atoms with Gasteiger partial charge in [0.05, 0.1) is 0 Å². The topological polar surface area (TPSA) is 9.23 Å². The van der Waals surface area contributed by atoms with E-state index in [1.54, 1.807) is 0 Å². The Morgan fingerprint density at radius 1 is 0.112 bits per heavy atom. The summed E-state index contributed by atoms with van der Waals surface area (Å²) in [5.41, 5.74) is 0. The Hall–Kier alpha value is -5.62. The fraction of sp³-hybridized carbons (Fsp3) is 0.889. The van der Waals surface area contributed by atoms with Crippen molar-refractivity contribution in [2.75, 3.05) is 0 Å². The van der Waals surface area contributed by atoms with Gasteiger partial charge in [-0.3, -0.25) is 0 Å². The van der Waals surface area contributed by atoms with Crippen LogP contribution >= 0.6 is 0 Å². The van der Waals surface area contributed by atoms with Crippen molar-refractivity contribution < 1.29 is 312 Å². The maximum Gasteiger partial charge on any atom is 0.460 e. The Bertz CT molecular complexity index is 3070. The number of hydrogen-bond acceptors (Lipinski definition) is 1. The molecule has 640 valence electrons. The highest BCUT2D eigenvalue weighted by Gasteiger charge is 3.05. The molecule has 0 aliphatic heterocycles. The zero-order valence-corrected chi connectivity index (χ0v) is 44.9. The molecule has 0 unspecified atom stereocenters. The van der Waals surface area contributed by atoms with Crippen LogP contribution in [0.25, 0.3) is 0 Å². The van der Waals surface area contributed by atoms with Gasteiger partial charge in [-0.15, -0.1) is 0 Å². The first-order valence-electron chi connectivity index (χ1n) is 22.1. The van der Waals surface area contributed by atoms with Gasteiger partial charge in [0, 0.05) is 0 Å². The fourth-order valence-corrected chi connectivity index (χ4v) is 6.17. The molecule has 0 saturated carbocycles. The number of allylic oxidation sites excluding steroid dienone is 2. The Labute approximate surface area is 527 Å². The summed E-state index contributed by atoms with van der Waals surface area (Å²) in [6, 6.07) is -12.4. The second-order valence-electron chi connectivity index (χ2n) is 19.5. The molecule has 1 nitrogen and oxygen atoms in total. The minimum absolute atomic E-state index is 1.18. The van der Waals surface area contributed by atoms with Crippen LogP contribution in [0.3, 0.4) is 0 Å². The van der Waals surface area contributed by atoms with E-state index in [1.807, 2.05) is 0 Å². The van der Waals surface area contributed by atoms with Crippen molar-refractivity contribution in [3.63, 3.8) is 0 Å². The largest absolute Gasteiger partial charge is 0.460 e. The molecule has 0 bridgehead atoms. The van der Waals surface area contributed by atoms with Crippen molar-refractivity contribution in [2.45, 2.75) is 190 Å². The van der Waals surface area contributed by atoms with Gasteiger partial charge in [0.25, 0.3) is 0 Å². The molecule has 0 aromatic rings. The monoisotopic (exact) mass is 1780 g/mol. The van der Waals surface area contributed by atoms with Crippen LogP contribution in [0, 0.1) is 0 Å². The van der Waals surface area contributed by atoms with Crippen LogP contribution in [-0.4, -0.2) is 190 Å². The van der Waals surface area contributed by atoms with Crippen LogP contribution in [0.4, 0.5) is 307 Å². The summed E-state index contributed by atoms with van der Waals surface area (Å²) in [4.78, 5) is 0. The van der Waals surface area contributed by atoms with Gasteiger partial charge < -0.3 is 4.74 Å². The predicted octanol–water partition coefficient (Wildman–Crippen LogP) is 23.4. The van der Waals surface area contributed by atoms with Gasteiger partial charge in [-0.1, -0.05) is 0 Å². The van der Waals surface area contributed by atoms with Crippen LogP contribution in [0.15, 0.2) is 23.7 Å². The Balaban J connectivity index is 8.20. The van der Waals surface area contributed by atoms with Crippen molar-refractivity contribution in [2.24, 2.45) is 0 Å². The van der Waals surface area contributed by atoms with Crippen LogP contribution in [-0.2, 0) is 4.74 Å². The Kier molecular flexibility index (Phi) is 23.6. The summed E-state index contributed by atoms with van der Waals surface area (Å²) in [5, 5.41) is 0. The summed E-state index contributed by atoms with van der Waals surface area (Å²) in [6.07, 6.45) is -17.4. The van der Waals surface area contributed by atoms with E-state index in [9.17, 15) is 307 Å². The lowest BCUT2D eigenvalue weighted by molar-refractivity contribution is -0.490. The highest BCUT2D eigenvalue weighted by molar-refractivity contribution is 5.28. The van der Waals surface area contributed by atoms with E-state index in [-0.39, 0.29) is 0 Å². The van der Waals surface area contributed by atoms with E-state index in [4.69, 9.17) is 0 Å². The first kappa shape index (κ1) is 101. The van der Waals surface area contributed by atoms with E-state index >= 15 is 0 Å². The van der Waals surface area contributed by atoms with Gasteiger partial charge in [0.1, 0.15) is 0 Å². The summed E-state index contributed by atoms with van der Waals surface area (Å²) >= 11 is 0. The molecule has 0 rings (SSSR count). The maximum absolute atomic E-state index is 14.2. The van der Waals surface area contributed by atoms with E-state index in [0.29, 0.717) is 0 Å². The normalized spacial score (nSPS) is 17.7. The Morgan fingerprint density at radius 2 is 0.187 bits per heavy atom. The first-order valence-corrected chi connectivity index (χ1v) is 22.1. The molecule has 0 aromatic heterocycles. The standard InChI is InChI=1S/C36F70O/c37-1(5(41,42)7(45,46)9(49,50)11(53,54)13(57,58)15(61,62)17(65,66)19(69,70)21(73,74)23(77,78)25(81,82)27(85,86)29(89,90)31(93,94)33(97,98)35(101,102)103)3(39)107-4(40)2(38)6(43,44)8(47,48)10(51,52)12(55,56)14(59,60)16(63,64)18(67,68)20(71,72)22(75,76)24(79,80)26(83,84)28(87,88)30(91,92)32(95,96)34(99,100)36(104,105)106. The lowest BCUT2D eigenvalue weighted by Crippen LogP contribution is -2.80. The molecular weight excluding hydrogens is 1780 g/mol. The summed E-state index contributed by atoms with van der Waals surface area (Å²) < 4.78 is 967. The third kappa shape index (κ3) is 11.7. The molecule has 0 atom stereocenters. The van der Waals surface area contributed by atoms with Gasteiger partial charge >= 0.3 is 202 Å². The lowest BCUT2D eigenvalue weighted by atomic mass is 9.82. The van der Waals surface area contributed by atoms with Gasteiger partial charge in [-0.05, 0) is 0 Å². The number of ether oxygens (including phenoxy) is 1. The number of hydrogen-bond donors (Lipinski definition) is 0. The van der Waals surface area contributed by atoms with Crippen LogP contribution < -0.4 is 0 Å². The average Bonchev–Trinajstić information content (AvgIpc) is 0.681. The molecule has 0 spiro atoms. The van der Waals surface area contributed by atoms with E-state index in [0.717, 1.165) is 0 Å². The average molecular weight is 1780 g/mol. The minimum atomic E-state index is -10.9. The second kappa shape index (κ2) is 24.9. The van der Waals surface area contributed by atoms with Gasteiger partial charge in [-0.25, -0.2) is 0 Å². The zero-order chi connectivity index (χ0) is 89.0. The lowest BCUT2D eigenvalue weighted by Gasteiger charge is -2.46. The molecule has 0 amide bonds. The highest BCUT2D eigenvalue weighted by Crippen LogP contribution is 2.74. The second-order valence-corrected chi connectivity index (χ2v) is 19.5. The fourth-order valence-electron chi connectivity index (χ4n) is 6.17. The van der Waals surface area contributed by atoms with Crippen LogP contribution in [0.5, 0.6) is 0 Å². The first-order chi connectivity index (χ1) is 44.9. The molecule has 0 heterocycles. The molecule has 0 N–H and O–H groups in total. The highest BCUT2D eigenvalue weighted by atomic mass is 19.5. The summed E-state index contributed by atoms with van der Waals surface area (Å²) in [7, 11) is 0. The van der Waals surface area contributed by atoms with E-state index in [2.05, 4.69) is 0 Å². The molecule has 107 heavy (non-hydrogen) atoms. The van der Waals surface area contributed by atoms with E-state index in [1.165, 1.54) is 4.74 Å². The molecule has 71 heteroatoms. The molecule has 0 aliphatic carbocycles. The van der Waals surface area contributed by atoms with Crippen molar-refractivity contribution in [1.29, 1.82) is 0 Å². The quantitative estimate of drug-likeness (QED) is 0.0482. The summed E-state index contributed by atoms with van der Waals surface area (Å²) in [6.45, 7) is 0. The summed E-state index contributed by atoms with van der Waals surface area (Å²) in [5.74, 6) is -327. The van der Waals surface area contributed by atoms with Crippen molar-refractivity contribution in [3.05, 3.63) is 23.7 Å². The molecular formula is C36F70O. The number of alkyl halides is 66. The zero-order valence-electron chi connectivity index (χ0n) is 44.9. The smallest absolute Gasteiger partial charge is 0.400 e. The third-order valence-electron chi connectivity index (χ3n) is 12.8. The molecule has 0 aliphatic rings. The molecule has 0 aromatic carbocycles. The van der Waals surface area contributed by atoms with Crippen molar-refractivity contribution in [3.8, 4) is 0 Å². The van der Waals surface area contributed by atoms with Gasteiger partial charge in [0.2, 0.25) is 11.7 Å². The van der Waals surface area contributed by atoms with Crippen molar-refractivity contribution >= 4 is 0 Å². The number of rotatable bonds is 32. The molecule has 0 saturated heterocycles.